The van der Waals surface area contributed by atoms with Crippen LogP contribution in [0.15, 0.2) is 0 Å². The van der Waals surface area contributed by atoms with Gasteiger partial charge in [-0.25, -0.2) is 0 Å². The van der Waals surface area contributed by atoms with Gasteiger partial charge in [0.05, 0.1) is 13.2 Å². The van der Waals surface area contributed by atoms with E-state index >= 15 is 0 Å². The van der Waals surface area contributed by atoms with Crippen LogP contribution in [0.25, 0.3) is 0 Å². The van der Waals surface area contributed by atoms with Gasteiger partial charge in [-0.15, -0.1) is 0 Å². The molecule has 20 heavy (non-hydrogen) atoms. The molecule has 0 radical (unpaired) electrons. The highest BCUT2D eigenvalue weighted by molar-refractivity contribution is 7.87. The van der Waals surface area contributed by atoms with Crippen molar-refractivity contribution in [2.24, 2.45) is 0 Å². The Labute approximate surface area is 122 Å². The van der Waals surface area contributed by atoms with E-state index in [9.17, 15) is 8.42 Å². The average molecular weight is 309 g/mol. The van der Waals surface area contributed by atoms with Crippen LogP contribution in [0, 0.1) is 0 Å². The van der Waals surface area contributed by atoms with Crippen molar-refractivity contribution >= 4 is 10.2 Å². The number of nitrogens with zero attached hydrogens (tertiary/aromatic N) is 1. The first-order valence-corrected chi connectivity index (χ1v) is 8.44. The molecular weight excluding hydrogens is 282 g/mol. The van der Waals surface area contributed by atoms with E-state index in [0.717, 1.165) is 19.4 Å². The van der Waals surface area contributed by atoms with Gasteiger partial charge in [-0.3, -0.25) is 0 Å². The zero-order valence-corrected chi connectivity index (χ0v) is 13.4. The smallest absolute Gasteiger partial charge is 0.279 e. The summed E-state index contributed by atoms with van der Waals surface area (Å²) < 4.78 is 39.0. The van der Waals surface area contributed by atoms with Gasteiger partial charge in [0.25, 0.3) is 10.2 Å². The van der Waals surface area contributed by atoms with Crippen LogP contribution in [-0.4, -0.2) is 71.9 Å². The fourth-order valence-electron chi connectivity index (χ4n) is 2.21. The number of ether oxygens (including phenoxy) is 2. The van der Waals surface area contributed by atoms with Crippen LogP contribution in [0.2, 0.25) is 0 Å². The second kappa shape index (κ2) is 8.91. The summed E-state index contributed by atoms with van der Waals surface area (Å²) in [7, 11) is -0.402. The maximum absolute atomic E-state index is 12.4. The van der Waals surface area contributed by atoms with E-state index < -0.39 is 10.2 Å². The van der Waals surface area contributed by atoms with Crippen molar-refractivity contribution in [3.8, 4) is 0 Å². The summed E-state index contributed by atoms with van der Waals surface area (Å²) in [5, 5.41) is 3.29. The number of hydrogen-bond donors (Lipinski definition) is 2. The lowest BCUT2D eigenvalue weighted by Crippen LogP contribution is -2.55. The fourth-order valence-corrected chi connectivity index (χ4v) is 3.69. The monoisotopic (exact) mass is 309 g/mol. The third-order valence-corrected chi connectivity index (χ3v) is 5.14. The molecule has 0 aliphatic carbocycles. The van der Waals surface area contributed by atoms with Crippen LogP contribution in [0.4, 0.5) is 0 Å². The topological polar surface area (TPSA) is 79.9 Å². The third kappa shape index (κ3) is 5.63. The Balaban J connectivity index is 2.64. The van der Waals surface area contributed by atoms with Gasteiger partial charge in [-0.05, 0) is 26.3 Å². The van der Waals surface area contributed by atoms with Crippen LogP contribution < -0.4 is 10.0 Å². The average Bonchev–Trinajstić information content (AvgIpc) is 2.41. The van der Waals surface area contributed by atoms with Gasteiger partial charge in [0.1, 0.15) is 0 Å². The van der Waals surface area contributed by atoms with E-state index in [4.69, 9.17) is 9.47 Å². The first kappa shape index (κ1) is 17.8. The second-order valence-electron chi connectivity index (χ2n) is 5.00. The van der Waals surface area contributed by atoms with Crippen molar-refractivity contribution in [2.45, 2.75) is 31.8 Å². The Kier molecular flexibility index (Phi) is 7.93. The molecule has 1 aliphatic heterocycles. The van der Waals surface area contributed by atoms with Crippen molar-refractivity contribution in [2.75, 3.05) is 47.1 Å². The first-order chi connectivity index (χ1) is 9.51. The molecule has 7 nitrogen and oxygen atoms in total. The van der Waals surface area contributed by atoms with Crippen molar-refractivity contribution in [3.63, 3.8) is 0 Å². The zero-order valence-electron chi connectivity index (χ0n) is 12.6. The Morgan fingerprint density at radius 3 is 2.35 bits per heavy atom. The Hall–Kier alpha value is -0.250. The van der Waals surface area contributed by atoms with Crippen LogP contribution >= 0.6 is 0 Å². The highest BCUT2D eigenvalue weighted by Gasteiger charge is 2.29. The van der Waals surface area contributed by atoms with Gasteiger partial charge >= 0.3 is 0 Å². The zero-order chi connectivity index (χ0) is 15.0. The van der Waals surface area contributed by atoms with Gasteiger partial charge in [-0.2, -0.15) is 17.4 Å². The van der Waals surface area contributed by atoms with Crippen molar-refractivity contribution in [1.82, 2.24) is 14.3 Å². The molecule has 1 saturated heterocycles. The highest BCUT2D eigenvalue weighted by Crippen LogP contribution is 2.11. The van der Waals surface area contributed by atoms with E-state index in [1.54, 1.807) is 14.2 Å². The number of nitrogens with one attached hydrogen (secondary N) is 2. The standard InChI is InChI=1S/C12H27N3O4S/c1-11-12(5-4-6-13-11)14-20(16,17)15(7-9-18-2)8-10-19-3/h11-14H,4-10H2,1-3H3. The molecule has 2 unspecified atom stereocenters. The molecule has 1 fully saturated rings. The first-order valence-electron chi connectivity index (χ1n) is 7.00. The number of methoxy groups -OCH3 is 2. The summed E-state index contributed by atoms with van der Waals surface area (Å²) in [4.78, 5) is 0. The molecule has 120 valence electrons. The molecular formula is C12H27N3O4S. The molecule has 0 aromatic rings. The van der Waals surface area contributed by atoms with Crippen LogP contribution in [0.5, 0.6) is 0 Å². The molecule has 0 aromatic carbocycles. The lowest BCUT2D eigenvalue weighted by Gasteiger charge is -2.32. The van der Waals surface area contributed by atoms with E-state index in [1.807, 2.05) is 6.92 Å². The van der Waals surface area contributed by atoms with E-state index in [0.29, 0.717) is 26.3 Å². The summed E-state index contributed by atoms with van der Waals surface area (Å²) >= 11 is 0. The summed E-state index contributed by atoms with van der Waals surface area (Å²) in [6.45, 7) is 4.32. The minimum Gasteiger partial charge on any atom is -0.383 e. The molecule has 2 N–H and O–H groups in total. The maximum atomic E-state index is 12.4. The minimum atomic E-state index is -3.52. The van der Waals surface area contributed by atoms with Gasteiger partial charge in [0.2, 0.25) is 0 Å². The van der Waals surface area contributed by atoms with Crippen LogP contribution in [0.1, 0.15) is 19.8 Å². The highest BCUT2D eigenvalue weighted by atomic mass is 32.2. The molecule has 1 rings (SSSR count). The van der Waals surface area contributed by atoms with Crippen molar-refractivity contribution in [1.29, 1.82) is 0 Å². The summed E-state index contributed by atoms with van der Waals surface area (Å²) in [5.74, 6) is 0. The molecule has 0 spiro atoms. The predicted octanol–water partition coefficient (Wildman–Crippen LogP) is -0.444. The second-order valence-corrected chi connectivity index (χ2v) is 6.70. The van der Waals surface area contributed by atoms with Gasteiger partial charge < -0.3 is 14.8 Å². The molecule has 0 bridgehead atoms. The lowest BCUT2D eigenvalue weighted by molar-refractivity contribution is 0.149. The molecule has 1 heterocycles. The van der Waals surface area contributed by atoms with Gasteiger partial charge in [0.15, 0.2) is 0 Å². The molecule has 0 amide bonds. The fraction of sp³-hybridized carbons (Fsp3) is 1.00. The Morgan fingerprint density at radius 1 is 1.25 bits per heavy atom. The molecule has 0 saturated carbocycles. The number of rotatable bonds is 9. The quantitative estimate of drug-likeness (QED) is 0.603. The predicted molar refractivity (Wildman–Crippen MR) is 77.9 cm³/mol. The van der Waals surface area contributed by atoms with E-state index in [2.05, 4.69) is 10.0 Å². The third-order valence-electron chi connectivity index (χ3n) is 3.49. The van der Waals surface area contributed by atoms with Gasteiger partial charge in [0, 0.05) is 39.4 Å². The molecule has 1 aliphatic rings. The number of hydrogen-bond acceptors (Lipinski definition) is 5. The lowest BCUT2D eigenvalue weighted by atomic mass is 10.0. The van der Waals surface area contributed by atoms with Gasteiger partial charge in [-0.1, -0.05) is 0 Å². The molecule has 2 atom stereocenters. The maximum Gasteiger partial charge on any atom is 0.279 e. The van der Waals surface area contributed by atoms with E-state index in [-0.39, 0.29) is 12.1 Å². The molecule has 8 heteroatoms. The molecule has 0 aromatic heterocycles. The summed E-state index contributed by atoms with van der Waals surface area (Å²) in [6.07, 6.45) is 1.84. The number of piperidine rings is 1. The van der Waals surface area contributed by atoms with E-state index in [1.165, 1.54) is 4.31 Å². The van der Waals surface area contributed by atoms with Crippen LogP contribution in [0.3, 0.4) is 0 Å². The van der Waals surface area contributed by atoms with Crippen LogP contribution in [-0.2, 0) is 19.7 Å². The van der Waals surface area contributed by atoms with Crippen molar-refractivity contribution in [3.05, 3.63) is 0 Å². The summed E-state index contributed by atoms with van der Waals surface area (Å²) in [6, 6.07) is 0.0755. The Morgan fingerprint density at radius 2 is 1.85 bits per heavy atom. The minimum absolute atomic E-state index is 0.0682. The SMILES string of the molecule is COCCN(CCOC)S(=O)(=O)NC1CCCNC1C. The summed E-state index contributed by atoms with van der Waals surface area (Å²) in [5.41, 5.74) is 0. The largest absolute Gasteiger partial charge is 0.383 e. The Bertz CT molecular complexity index is 356. The van der Waals surface area contributed by atoms with Crippen molar-refractivity contribution < 1.29 is 17.9 Å². The normalized spacial score (nSPS) is 24.2.